The standard InChI is InChI=1S/C23H22FN5O3/c1-12-5-10-17(13(2)11-12)26-21(30)18-14(3)25-23-27-20(22(31)32-4)28-29(23)19(18)15-6-8-16(24)9-7-15/h5-11,19H,1-4H3,(H,26,30)(H,25,27,28)/t19-/m1/s1. The molecule has 9 heteroatoms. The van der Waals surface area contributed by atoms with Crippen molar-refractivity contribution >= 4 is 23.5 Å². The number of carbonyl (C=O) groups is 2. The summed E-state index contributed by atoms with van der Waals surface area (Å²) >= 11 is 0. The molecule has 1 aromatic heterocycles. The highest BCUT2D eigenvalue weighted by Gasteiger charge is 2.35. The number of carbonyl (C=O) groups excluding carboxylic acids is 2. The predicted molar refractivity (Wildman–Crippen MR) is 117 cm³/mol. The van der Waals surface area contributed by atoms with E-state index in [2.05, 4.69) is 20.7 Å². The molecule has 3 aromatic rings. The summed E-state index contributed by atoms with van der Waals surface area (Å²) in [6, 6.07) is 10.8. The van der Waals surface area contributed by atoms with Crippen LogP contribution in [0.3, 0.4) is 0 Å². The minimum Gasteiger partial charge on any atom is -0.463 e. The number of hydrogen-bond acceptors (Lipinski definition) is 6. The van der Waals surface area contributed by atoms with Crippen LogP contribution in [0, 0.1) is 19.7 Å². The molecule has 1 atom stereocenters. The van der Waals surface area contributed by atoms with Gasteiger partial charge in [0, 0.05) is 11.4 Å². The molecular formula is C23H22FN5O3. The number of aromatic nitrogens is 3. The first-order chi connectivity index (χ1) is 15.3. The summed E-state index contributed by atoms with van der Waals surface area (Å²) in [6.45, 7) is 5.63. The second-order valence-electron chi connectivity index (χ2n) is 7.59. The molecule has 2 N–H and O–H groups in total. The monoisotopic (exact) mass is 435 g/mol. The number of esters is 1. The lowest BCUT2D eigenvalue weighted by Gasteiger charge is -2.28. The van der Waals surface area contributed by atoms with Crippen molar-refractivity contribution in [2.75, 3.05) is 17.7 Å². The second-order valence-corrected chi connectivity index (χ2v) is 7.59. The van der Waals surface area contributed by atoms with Crippen LogP contribution in [-0.2, 0) is 9.53 Å². The van der Waals surface area contributed by atoms with Crippen LogP contribution in [0.25, 0.3) is 0 Å². The number of allylic oxidation sites excluding steroid dienone is 1. The summed E-state index contributed by atoms with van der Waals surface area (Å²) in [5, 5.41) is 10.3. The fourth-order valence-corrected chi connectivity index (χ4v) is 3.72. The third-order valence-corrected chi connectivity index (χ3v) is 5.28. The van der Waals surface area contributed by atoms with Gasteiger partial charge in [-0.25, -0.2) is 13.9 Å². The van der Waals surface area contributed by atoms with Gasteiger partial charge in [0.25, 0.3) is 11.7 Å². The Labute approximate surface area is 184 Å². The average molecular weight is 435 g/mol. The molecule has 2 heterocycles. The van der Waals surface area contributed by atoms with Crippen LogP contribution in [0.5, 0.6) is 0 Å². The van der Waals surface area contributed by atoms with E-state index in [1.165, 1.54) is 23.9 Å². The molecule has 0 saturated carbocycles. The molecule has 164 valence electrons. The van der Waals surface area contributed by atoms with Gasteiger partial charge in [0.05, 0.1) is 12.7 Å². The number of aryl methyl sites for hydroxylation is 2. The van der Waals surface area contributed by atoms with Gasteiger partial charge >= 0.3 is 5.97 Å². The van der Waals surface area contributed by atoms with E-state index in [4.69, 9.17) is 4.74 Å². The van der Waals surface area contributed by atoms with E-state index in [-0.39, 0.29) is 17.7 Å². The van der Waals surface area contributed by atoms with Gasteiger partial charge in [-0.3, -0.25) is 4.79 Å². The molecule has 0 radical (unpaired) electrons. The third kappa shape index (κ3) is 3.84. The van der Waals surface area contributed by atoms with Crippen molar-refractivity contribution < 1.29 is 18.7 Å². The van der Waals surface area contributed by atoms with Crippen LogP contribution in [0.4, 0.5) is 16.0 Å². The zero-order valence-corrected chi connectivity index (χ0v) is 18.1. The van der Waals surface area contributed by atoms with E-state index in [9.17, 15) is 14.0 Å². The average Bonchev–Trinajstić information content (AvgIpc) is 3.18. The fraction of sp³-hybridized carbons (Fsp3) is 0.217. The maximum Gasteiger partial charge on any atom is 0.378 e. The van der Waals surface area contributed by atoms with Gasteiger partial charge in [-0.2, -0.15) is 4.98 Å². The van der Waals surface area contributed by atoms with E-state index < -0.39 is 17.8 Å². The van der Waals surface area contributed by atoms with Gasteiger partial charge in [0.1, 0.15) is 11.9 Å². The summed E-state index contributed by atoms with van der Waals surface area (Å²) < 4.78 is 19.8. The Hall–Kier alpha value is -4.01. The van der Waals surface area contributed by atoms with Crippen molar-refractivity contribution in [3.63, 3.8) is 0 Å². The van der Waals surface area contributed by atoms with Crippen LogP contribution < -0.4 is 10.6 Å². The van der Waals surface area contributed by atoms with Crippen molar-refractivity contribution in [2.45, 2.75) is 26.8 Å². The third-order valence-electron chi connectivity index (χ3n) is 5.28. The fourth-order valence-electron chi connectivity index (χ4n) is 3.72. The lowest BCUT2D eigenvalue weighted by molar-refractivity contribution is -0.113. The lowest BCUT2D eigenvalue weighted by atomic mass is 9.95. The maximum atomic E-state index is 13.6. The quantitative estimate of drug-likeness (QED) is 0.606. The van der Waals surface area contributed by atoms with Gasteiger partial charge in [-0.1, -0.05) is 29.8 Å². The molecule has 1 amide bonds. The van der Waals surface area contributed by atoms with Crippen LogP contribution in [-0.4, -0.2) is 33.8 Å². The molecule has 1 aliphatic rings. The predicted octanol–water partition coefficient (Wildman–Crippen LogP) is 3.75. The van der Waals surface area contributed by atoms with Gasteiger partial charge in [-0.05, 0) is 50.1 Å². The van der Waals surface area contributed by atoms with Gasteiger partial charge in [0.15, 0.2) is 0 Å². The molecular weight excluding hydrogens is 413 g/mol. The Morgan fingerprint density at radius 3 is 2.50 bits per heavy atom. The number of anilines is 2. The number of fused-ring (bicyclic) bond motifs is 1. The minimum atomic E-state index is -0.733. The molecule has 8 nitrogen and oxygen atoms in total. The zero-order chi connectivity index (χ0) is 23.0. The highest BCUT2D eigenvalue weighted by molar-refractivity contribution is 6.06. The number of hydrogen-bond donors (Lipinski definition) is 2. The number of nitrogens with one attached hydrogen (secondary N) is 2. The molecule has 2 aromatic carbocycles. The largest absolute Gasteiger partial charge is 0.463 e. The Balaban J connectivity index is 1.80. The maximum absolute atomic E-state index is 13.6. The normalized spacial score (nSPS) is 15.1. The molecule has 0 aliphatic carbocycles. The molecule has 0 unspecified atom stereocenters. The van der Waals surface area contributed by atoms with Crippen LogP contribution in [0.2, 0.25) is 0 Å². The highest BCUT2D eigenvalue weighted by Crippen LogP contribution is 2.36. The summed E-state index contributed by atoms with van der Waals surface area (Å²) in [6.07, 6.45) is 0. The van der Waals surface area contributed by atoms with E-state index in [0.717, 1.165) is 11.1 Å². The summed E-state index contributed by atoms with van der Waals surface area (Å²) in [7, 11) is 1.24. The Morgan fingerprint density at radius 2 is 1.84 bits per heavy atom. The molecule has 0 fully saturated rings. The molecule has 4 rings (SSSR count). The number of halogens is 1. The van der Waals surface area contributed by atoms with Crippen molar-refractivity contribution in [1.82, 2.24) is 14.8 Å². The topological polar surface area (TPSA) is 98.1 Å². The highest BCUT2D eigenvalue weighted by atomic mass is 19.1. The zero-order valence-electron chi connectivity index (χ0n) is 18.1. The summed E-state index contributed by atoms with van der Waals surface area (Å²) in [5.41, 5.74) is 4.21. The first-order valence-electron chi connectivity index (χ1n) is 9.95. The van der Waals surface area contributed by atoms with Crippen molar-refractivity contribution in [2.24, 2.45) is 0 Å². The summed E-state index contributed by atoms with van der Waals surface area (Å²) in [4.78, 5) is 29.6. The number of nitrogens with zero attached hydrogens (tertiary/aromatic N) is 3. The molecule has 0 saturated heterocycles. The van der Waals surface area contributed by atoms with E-state index in [1.807, 2.05) is 32.0 Å². The number of amides is 1. The van der Waals surface area contributed by atoms with Crippen LogP contribution >= 0.6 is 0 Å². The van der Waals surface area contributed by atoms with Gasteiger partial charge in [0.2, 0.25) is 5.95 Å². The van der Waals surface area contributed by atoms with E-state index >= 15 is 0 Å². The Kier molecular flexibility index (Phi) is 5.48. The molecule has 0 spiro atoms. The minimum absolute atomic E-state index is 0.147. The van der Waals surface area contributed by atoms with Crippen molar-refractivity contribution in [1.29, 1.82) is 0 Å². The first kappa shape index (κ1) is 21.2. The smallest absolute Gasteiger partial charge is 0.378 e. The van der Waals surface area contributed by atoms with Crippen LogP contribution in [0.1, 0.15) is 40.3 Å². The van der Waals surface area contributed by atoms with Gasteiger partial charge < -0.3 is 15.4 Å². The number of benzene rings is 2. The van der Waals surface area contributed by atoms with Crippen LogP contribution in [0.15, 0.2) is 53.7 Å². The molecule has 32 heavy (non-hydrogen) atoms. The first-order valence-corrected chi connectivity index (χ1v) is 9.95. The number of rotatable bonds is 4. The van der Waals surface area contributed by atoms with E-state index in [0.29, 0.717) is 22.5 Å². The van der Waals surface area contributed by atoms with Crippen molar-refractivity contribution in [3.8, 4) is 0 Å². The SMILES string of the molecule is COC(=O)c1nc2n(n1)[C@H](c1ccc(F)cc1)C(C(=O)Nc1ccc(C)cc1C)=C(C)N2. The molecule has 1 aliphatic heterocycles. The lowest BCUT2D eigenvalue weighted by Crippen LogP contribution is -2.31. The van der Waals surface area contributed by atoms with Gasteiger partial charge in [-0.15, -0.1) is 5.10 Å². The van der Waals surface area contributed by atoms with Crippen molar-refractivity contribution in [3.05, 3.63) is 82.1 Å². The summed E-state index contributed by atoms with van der Waals surface area (Å²) in [5.74, 6) is -1.33. The van der Waals surface area contributed by atoms with E-state index in [1.54, 1.807) is 19.1 Å². The Morgan fingerprint density at radius 1 is 1.12 bits per heavy atom. The Bertz CT molecular complexity index is 1250. The number of ether oxygens (including phenoxy) is 1. The second kappa shape index (κ2) is 8.26. The molecule has 0 bridgehead atoms. The number of methoxy groups -OCH3 is 1.